The molecular formula is C138H81NO5. The zero-order valence-corrected chi connectivity index (χ0v) is 77.8. The molecule has 0 radical (unpaired) electrons. The second-order valence-corrected chi connectivity index (χ2v) is 38.1. The van der Waals surface area contributed by atoms with E-state index >= 15 is 0 Å². The summed E-state index contributed by atoms with van der Waals surface area (Å²) in [6.45, 7) is 0. The maximum absolute atomic E-state index is 6.55. The number of hydrogen-bond donors (Lipinski definition) is 0. The van der Waals surface area contributed by atoms with E-state index in [9.17, 15) is 0 Å². The fourth-order valence-electron chi connectivity index (χ4n) is 23.8. The third-order valence-corrected chi connectivity index (χ3v) is 30.2. The average Bonchev–Trinajstić information content (AvgIpc) is 1.35. The Bertz CT molecular complexity index is 10800. The summed E-state index contributed by atoms with van der Waals surface area (Å²) in [5.41, 5.74) is 29.4. The molecule has 0 atom stereocenters. The second kappa shape index (κ2) is 32.2. The summed E-state index contributed by atoms with van der Waals surface area (Å²) in [6, 6.07) is 177. The van der Waals surface area contributed by atoms with Gasteiger partial charge in [-0.05, 0) is 267 Å². The first-order valence-corrected chi connectivity index (χ1v) is 49.3. The molecule has 32 aromatic rings. The van der Waals surface area contributed by atoms with Crippen LogP contribution in [0.5, 0.6) is 0 Å². The smallest absolute Gasteiger partial charge is 0.143 e. The van der Waals surface area contributed by atoms with Crippen molar-refractivity contribution in [3.63, 3.8) is 0 Å². The molecule has 0 bridgehead atoms. The van der Waals surface area contributed by atoms with E-state index in [2.05, 4.69) is 478 Å². The van der Waals surface area contributed by atoms with Crippen molar-refractivity contribution in [3.8, 4) is 83.6 Å². The van der Waals surface area contributed by atoms with Gasteiger partial charge < -0.3 is 26.7 Å². The van der Waals surface area contributed by atoms with E-state index in [4.69, 9.17) is 22.1 Å². The van der Waals surface area contributed by atoms with E-state index in [0.29, 0.717) is 0 Å². The molecule has 26 aromatic carbocycles. The molecule has 0 spiro atoms. The third kappa shape index (κ3) is 12.7. The lowest BCUT2D eigenvalue weighted by Gasteiger charge is -2.18. The summed E-state index contributed by atoms with van der Waals surface area (Å²) in [7, 11) is 0. The van der Waals surface area contributed by atoms with Gasteiger partial charge in [0.25, 0.3) is 0 Å². The Hall–Kier alpha value is -19.1. The summed E-state index contributed by atoms with van der Waals surface area (Å²) < 4.78 is 34.5. The molecule has 0 saturated heterocycles. The van der Waals surface area contributed by atoms with Gasteiger partial charge in [0, 0.05) is 87.0 Å². The Balaban J connectivity index is 0.000000101. The van der Waals surface area contributed by atoms with Crippen LogP contribution in [0.2, 0.25) is 0 Å². The molecule has 32 rings (SSSR count). The van der Waals surface area contributed by atoms with E-state index < -0.39 is 0 Å². The van der Waals surface area contributed by atoms with Crippen LogP contribution in [0.15, 0.2) is 513 Å². The van der Waals surface area contributed by atoms with Crippen molar-refractivity contribution in [2.24, 2.45) is 0 Å². The molecule has 6 aromatic heterocycles. The molecule has 0 aliphatic carbocycles. The van der Waals surface area contributed by atoms with Crippen LogP contribution in [0.25, 0.3) is 312 Å². The van der Waals surface area contributed by atoms with E-state index in [1.165, 1.54) is 180 Å². The highest BCUT2D eigenvalue weighted by Gasteiger charge is 2.27. The van der Waals surface area contributed by atoms with Crippen LogP contribution in [-0.4, -0.2) is 4.57 Å². The first-order valence-electron chi connectivity index (χ1n) is 49.3. The summed E-state index contributed by atoms with van der Waals surface area (Å²) >= 11 is 0. The molecule has 0 aliphatic rings. The molecule has 0 unspecified atom stereocenters. The molecule has 668 valence electrons. The normalized spacial score (nSPS) is 12.0. The van der Waals surface area contributed by atoms with Gasteiger partial charge in [-0.2, -0.15) is 0 Å². The van der Waals surface area contributed by atoms with Crippen molar-refractivity contribution in [1.29, 1.82) is 0 Å². The van der Waals surface area contributed by atoms with Crippen LogP contribution in [0, 0.1) is 0 Å². The van der Waals surface area contributed by atoms with Gasteiger partial charge in [0.05, 0.1) is 11.0 Å². The van der Waals surface area contributed by atoms with Crippen molar-refractivity contribution in [2.45, 2.75) is 0 Å². The Morgan fingerprint density at radius 1 is 0.125 bits per heavy atom. The van der Waals surface area contributed by atoms with Crippen molar-refractivity contribution in [3.05, 3.63) is 491 Å². The zero-order valence-electron chi connectivity index (χ0n) is 77.8. The van der Waals surface area contributed by atoms with Crippen molar-refractivity contribution in [1.82, 2.24) is 4.57 Å². The molecule has 6 nitrogen and oxygen atoms in total. The maximum atomic E-state index is 6.55. The predicted octanol–water partition coefficient (Wildman–Crippen LogP) is 39.7. The van der Waals surface area contributed by atoms with Gasteiger partial charge in [-0.1, -0.05) is 382 Å². The van der Waals surface area contributed by atoms with Crippen molar-refractivity contribution < 1.29 is 22.1 Å². The lowest BCUT2D eigenvalue weighted by Crippen LogP contribution is -1.95. The summed E-state index contributed by atoms with van der Waals surface area (Å²) in [6.07, 6.45) is 0. The number of nitrogens with zero attached hydrogens (tertiary/aromatic N) is 1. The minimum absolute atomic E-state index is 0.904. The van der Waals surface area contributed by atoms with Gasteiger partial charge in [0.2, 0.25) is 0 Å². The monoisotopic (exact) mass is 1830 g/mol. The first kappa shape index (κ1) is 80.9. The second-order valence-electron chi connectivity index (χ2n) is 38.1. The molecule has 6 heteroatoms. The summed E-state index contributed by atoms with van der Waals surface area (Å²) in [5.74, 6) is 0. The van der Waals surface area contributed by atoms with Gasteiger partial charge in [0.15, 0.2) is 0 Å². The largest absolute Gasteiger partial charge is 0.456 e. The van der Waals surface area contributed by atoms with Crippen LogP contribution >= 0.6 is 0 Å². The predicted molar refractivity (Wildman–Crippen MR) is 606 cm³/mol. The van der Waals surface area contributed by atoms with Crippen LogP contribution in [0.4, 0.5) is 0 Å². The van der Waals surface area contributed by atoms with Crippen molar-refractivity contribution in [2.75, 3.05) is 0 Å². The van der Waals surface area contributed by atoms with Crippen LogP contribution in [0.3, 0.4) is 0 Å². The summed E-state index contributed by atoms with van der Waals surface area (Å²) in [4.78, 5) is 0. The highest BCUT2D eigenvalue weighted by atomic mass is 16.3. The van der Waals surface area contributed by atoms with Crippen LogP contribution < -0.4 is 0 Å². The highest BCUT2D eigenvalue weighted by molar-refractivity contribution is 6.29. The van der Waals surface area contributed by atoms with E-state index in [1.807, 2.05) is 18.2 Å². The van der Waals surface area contributed by atoms with Crippen LogP contribution in [-0.2, 0) is 0 Å². The third-order valence-electron chi connectivity index (χ3n) is 30.2. The Morgan fingerprint density at radius 2 is 0.375 bits per heavy atom. The summed E-state index contributed by atoms with van der Waals surface area (Å²) in [5, 5.41) is 35.9. The molecule has 0 N–H and O–H groups in total. The fraction of sp³-hybridized carbons (Fsp3) is 0. The number of aromatic nitrogens is 1. The number of hydrogen-bond acceptors (Lipinski definition) is 5. The minimum atomic E-state index is 0.904. The number of para-hydroxylation sites is 6. The van der Waals surface area contributed by atoms with Gasteiger partial charge in [0.1, 0.15) is 55.8 Å². The minimum Gasteiger partial charge on any atom is -0.456 e. The van der Waals surface area contributed by atoms with Crippen molar-refractivity contribution >= 4 is 228 Å². The Morgan fingerprint density at radius 3 is 0.743 bits per heavy atom. The Kier molecular flexibility index (Phi) is 18.1. The maximum Gasteiger partial charge on any atom is 0.143 e. The molecule has 6 heterocycles. The zero-order chi connectivity index (χ0) is 94.3. The van der Waals surface area contributed by atoms with Crippen LogP contribution in [0.1, 0.15) is 0 Å². The molecular weight excluding hydrogens is 1750 g/mol. The van der Waals surface area contributed by atoms with Gasteiger partial charge >= 0.3 is 0 Å². The van der Waals surface area contributed by atoms with E-state index in [-0.39, 0.29) is 0 Å². The molecule has 0 saturated carbocycles. The highest BCUT2D eigenvalue weighted by Crippen LogP contribution is 2.53. The SMILES string of the molecule is c1cc(-c2c3ccccc3c(-c3ccc4oc5cc6ccccc6cc5c4c3)c3ccccc23)cc(-n2c3ccccc3c3ccccc32)c1.c1ccc2cc3c(cc2c1)oc1ccc(-c2c4ccccc4c(-c4ccc(-c5cccc6c5oc5ccccc56)cc4)c4ccccc24)cc13.c1ccc2cc3c(cc2c1)oc1ccc(-c2c4ccccc4c(-c4cccc5c4oc4ccccc45)c4ccccc24)cc13. The fourth-order valence-corrected chi connectivity index (χ4v) is 23.8. The van der Waals surface area contributed by atoms with E-state index in [0.717, 1.165) is 132 Å². The lowest BCUT2D eigenvalue weighted by molar-refractivity contribution is 0.669. The number of rotatable bonds is 8. The van der Waals surface area contributed by atoms with Gasteiger partial charge in [-0.25, -0.2) is 0 Å². The van der Waals surface area contributed by atoms with Gasteiger partial charge in [-0.15, -0.1) is 0 Å². The molecule has 144 heavy (non-hydrogen) atoms. The van der Waals surface area contributed by atoms with Gasteiger partial charge in [-0.3, -0.25) is 0 Å². The molecule has 0 aliphatic heterocycles. The standard InChI is InChI=1S/C48H29NO.C48H28O2.C42H24O2/c1-2-13-31-29-46-42(27-30(31)12-1)41-28-33(24-25-45(41)50-46)48-39-20-5-3-18-37(39)47(38-19-4-6-21-40(38)48)32-14-11-15-34(26-32)49-43-22-9-7-16-35(43)36-17-8-10-23-44(36)49;1-2-11-32-28-45-42(26-31(32)10-1)41-27-33(24-25-44(41)49-45)47-38-15-5-3-13-36(38)46(37-14-4-6-16-39(37)47)30-22-20-29(21-23-30)34-17-9-18-40-35-12-7-8-19-43(35)50-48(34)40;1-2-11-26-24-39-36(22-25(26)10-1)35-23-27(20-21-38(35)43-39)40-29-13-3-5-15-31(29)41(32-16-6-4-14-30(32)40)34-18-9-17-33-28-12-7-8-19-37(28)44-42(33)34/h1-29H;1-28H;1-24H. The molecule has 0 amide bonds. The number of fused-ring (bicyclic) bond motifs is 27. The molecule has 0 fully saturated rings. The number of benzene rings is 26. The topological polar surface area (TPSA) is 70.6 Å². The van der Waals surface area contributed by atoms with E-state index in [1.54, 1.807) is 0 Å². The Labute approximate surface area is 824 Å². The quantitative estimate of drug-likeness (QED) is 0.142. The first-order chi connectivity index (χ1) is 71.4. The lowest BCUT2D eigenvalue weighted by atomic mass is 9.85. The average molecular weight is 1830 g/mol. The number of furan rings is 5.